The molecule has 1 aromatic rings. The molecule has 0 fully saturated rings. The number of hydrogen-bond acceptors (Lipinski definition) is 2. The van der Waals surface area contributed by atoms with E-state index in [1.54, 1.807) is 12.1 Å². The second-order valence-corrected chi connectivity index (χ2v) is 3.57. The lowest BCUT2D eigenvalue weighted by Gasteiger charge is -2.06. The molecule has 0 saturated carbocycles. The van der Waals surface area contributed by atoms with Gasteiger partial charge in [-0.2, -0.15) is 5.06 Å². The molecule has 0 radical (unpaired) electrons. The van der Waals surface area contributed by atoms with Crippen molar-refractivity contribution in [1.29, 1.82) is 0 Å². The number of nitrogens with zero attached hydrogens (tertiary/aromatic N) is 1. The smallest absolute Gasteiger partial charge is 0.255 e. The Morgan fingerprint density at radius 3 is 3.00 bits per heavy atom. The van der Waals surface area contributed by atoms with Crippen molar-refractivity contribution >= 4 is 27.5 Å². The molecule has 0 spiro atoms. The largest absolute Gasteiger partial charge is 0.281 e. The summed E-state index contributed by atoms with van der Waals surface area (Å²) in [5, 5.41) is 9.91. The highest BCUT2D eigenvalue weighted by molar-refractivity contribution is 9.10. The molecule has 0 atom stereocenters. The maximum atomic E-state index is 11.0. The zero-order valence-corrected chi connectivity index (χ0v) is 7.71. The van der Waals surface area contributed by atoms with E-state index < -0.39 is 0 Å². The topological polar surface area (TPSA) is 40.5 Å². The Bertz CT molecular complexity index is 351. The molecule has 1 N–H and O–H groups in total. The minimum atomic E-state index is -0.275. The highest BCUT2D eigenvalue weighted by Crippen LogP contribution is 2.29. The van der Waals surface area contributed by atoms with Gasteiger partial charge in [0.25, 0.3) is 5.91 Å². The van der Waals surface area contributed by atoms with E-state index in [1.165, 1.54) is 0 Å². The maximum absolute atomic E-state index is 11.0. The van der Waals surface area contributed by atoms with Crippen LogP contribution in [0, 0.1) is 0 Å². The summed E-state index contributed by atoms with van der Waals surface area (Å²) in [6.45, 7) is 0. The van der Waals surface area contributed by atoms with Gasteiger partial charge >= 0.3 is 0 Å². The van der Waals surface area contributed by atoms with Crippen LogP contribution in [0.2, 0.25) is 0 Å². The summed E-state index contributed by atoms with van der Waals surface area (Å²) in [7, 11) is 0. The van der Waals surface area contributed by atoms with Crippen LogP contribution in [0.4, 0.5) is 5.69 Å². The number of amides is 1. The van der Waals surface area contributed by atoms with Crippen LogP contribution in [0.15, 0.2) is 22.7 Å². The normalized spacial score (nSPS) is 15.2. The summed E-state index contributed by atoms with van der Waals surface area (Å²) in [6, 6.07) is 5.34. The third-order valence-corrected chi connectivity index (χ3v) is 2.34. The molecule has 12 heavy (non-hydrogen) atoms. The van der Waals surface area contributed by atoms with Crippen molar-refractivity contribution < 1.29 is 10.0 Å². The molecule has 2 rings (SSSR count). The number of benzene rings is 1. The van der Waals surface area contributed by atoms with Gasteiger partial charge in [0.2, 0.25) is 0 Å². The molecule has 1 aliphatic rings. The fourth-order valence-corrected chi connectivity index (χ4v) is 1.68. The molecule has 0 unspecified atom stereocenters. The van der Waals surface area contributed by atoms with Gasteiger partial charge in [-0.05, 0) is 23.8 Å². The Labute approximate surface area is 77.7 Å². The fourth-order valence-electron chi connectivity index (χ4n) is 1.27. The number of hydroxylamine groups is 1. The van der Waals surface area contributed by atoms with E-state index in [2.05, 4.69) is 15.9 Å². The predicted octanol–water partition coefficient (Wildman–Crippen LogP) is 1.73. The van der Waals surface area contributed by atoms with E-state index in [-0.39, 0.29) is 12.3 Å². The molecular weight excluding hydrogens is 222 g/mol. The number of halogens is 1. The van der Waals surface area contributed by atoms with Crippen LogP contribution >= 0.6 is 15.9 Å². The van der Waals surface area contributed by atoms with Crippen LogP contribution in [-0.4, -0.2) is 11.1 Å². The molecule has 1 aliphatic heterocycles. The Hall–Kier alpha value is -0.870. The van der Waals surface area contributed by atoms with Crippen molar-refractivity contribution in [2.24, 2.45) is 0 Å². The van der Waals surface area contributed by atoms with Crippen LogP contribution in [0.25, 0.3) is 0 Å². The van der Waals surface area contributed by atoms with E-state index in [1.807, 2.05) is 6.07 Å². The Balaban J connectivity index is 2.54. The molecule has 3 nitrogen and oxygen atoms in total. The first-order valence-electron chi connectivity index (χ1n) is 3.49. The predicted molar refractivity (Wildman–Crippen MR) is 47.1 cm³/mol. The first-order valence-corrected chi connectivity index (χ1v) is 4.28. The van der Waals surface area contributed by atoms with E-state index in [9.17, 15) is 10.0 Å². The summed E-state index contributed by atoms with van der Waals surface area (Å²) in [5.74, 6) is -0.275. The molecule has 1 amide bonds. The van der Waals surface area contributed by atoms with Crippen molar-refractivity contribution in [3.8, 4) is 0 Å². The van der Waals surface area contributed by atoms with Crippen LogP contribution in [0.5, 0.6) is 0 Å². The van der Waals surface area contributed by atoms with Gasteiger partial charge in [-0.3, -0.25) is 10.0 Å². The lowest BCUT2D eigenvalue weighted by Crippen LogP contribution is -2.21. The van der Waals surface area contributed by atoms with Gasteiger partial charge in [-0.25, -0.2) is 0 Å². The molecule has 62 valence electrons. The monoisotopic (exact) mass is 227 g/mol. The second kappa shape index (κ2) is 2.57. The highest BCUT2D eigenvalue weighted by atomic mass is 79.9. The van der Waals surface area contributed by atoms with Crippen molar-refractivity contribution in [2.75, 3.05) is 5.06 Å². The number of carbonyl (C=O) groups excluding carboxylic acids is 1. The quantitative estimate of drug-likeness (QED) is 0.687. The first-order chi connectivity index (χ1) is 5.68. The Kier molecular flexibility index (Phi) is 1.66. The van der Waals surface area contributed by atoms with Crippen molar-refractivity contribution in [3.63, 3.8) is 0 Å². The molecule has 4 heteroatoms. The summed E-state index contributed by atoms with van der Waals surface area (Å²) < 4.78 is 0.921. The molecule has 0 aliphatic carbocycles. The molecule has 0 bridgehead atoms. The Morgan fingerprint density at radius 1 is 1.50 bits per heavy atom. The SMILES string of the molecule is O=C1Cc2cc(Br)ccc2N1O. The maximum Gasteiger partial charge on any atom is 0.255 e. The van der Waals surface area contributed by atoms with Gasteiger partial charge < -0.3 is 0 Å². The molecule has 0 saturated heterocycles. The van der Waals surface area contributed by atoms with Crippen LogP contribution in [0.1, 0.15) is 5.56 Å². The minimum Gasteiger partial charge on any atom is -0.281 e. The highest BCUT2D eigenvalue weighted by Gasteiger charge is 2.25. The molecule has 0 aromatic heterocycles. The van der Waals surface area contributed by atoms with Gasteiger partial charge in [0.05, 0.1) is 12.1 Å². The third-order valence-electron chi connectivity index (χ3n) is 1.85. The summed E-state index contributed by atoms with van der Waals surface area (Å²) in [5.41, 5.74) is 1.44. The van der Waals surface area contributed by atoms with Gasteiger partial charge in [0.1, 0.15) is 0 Å². The molecule has 1 aromatic carbocycles. The van der Waals surface area contributed by atoms with Crippen molar-refractivity contribution in [3.05, 3.63) is 28.2 Å². The third kappa shape index (κ3) is 1.04. The van der Waals surface area contributed by atoms with Crippen LogP contribution < -0.4 is 5.06 Å². The number of anilines is 1. The molecular formula is C8H6BrNO2. The van der Waals surface area contributed by atoms with E-state index in [4.69, 9.17) is 0 Å². The van der Waals surface area contributed by atoms with Gasteiger partial charge in [-0.15, -0.1) is 0 Å². The zero-order chi connectivity index (χ0) is 8.72. The lowest BCUT2D eigenvalue weighted by atomic mass is 10.2. The van der Waals surface area contributed by atoms with Gasteiger partial charge in [-0.1, -0.05) is 15.9 Å². The van der Waals surface area contributed by atoms with Crippen molar-refractivity contribution in [2.45, 2.75) is 6.42 Å². The average molecular weight is 228 g/mol. The Morgan fingerprint density at radius 2 is 2.25 bits per heavy atom. The van der Waals surface area contributed by atoms with E-state index in [0.29, 0.717) is 10.8 Å². The standard InChI is InChI=1S/C8H6BrNO2/c9-6-1-2-7-5(3-6)4-8(11)10(7)12/h1-3,12H,4H2. The average Bonchev–Trinajstić information content (AvgIpc) is 2.28. The van der Waals surface area contributed by atoms with E-state index in [0.717, 1.165) is 10.0 Å². The lowest BCUT2D eigenvalue weighted by molar-refractivity contribution is -0.122. The van der Waals surface area contributed by atoms with Crippen molar-refractivity contribution in [1.82, 2.24) is 0 Å². The summed E-state index contributed by atoms with van der Waals surface area (Å²) in [4.78, 5) is 11.0. The van der Waals surface area contributed by atoms with Gasteiger partial charge in [0.15, 0.2) is 0 Å². The van der Waals surface area contributed by atoms with E-state index >= 15 is 0 Å². The number of carbonyl (C=O) groups is 1. The van der Waals surface area contributed by atoms with Crippen LogP contribution in [-0.2, 0) is 11.2 Å². The fraction of sp³-hybridized carbons (Fsp3) is 0.125. The molecule has 1 heterocycles. The summed E-state index contributed by atoms with van der Waals surface area (Å²) >= 11 is 3.29. The second-order valence-electron chi connectivity index (χ2n) is 2.66. The number of fused-ring (bicyclic) bond motifs is 1. The van der Waals surface area contributed by atoms with Crippen LogP contribution in [0.3, 0.4) is 0 Å². The minimum absolute atomic E-state index is 0.275. The first kappa shape index (κ1) is 7.76. The zero-order valence-electron chi connectivity index (χ0n) is 6.12. The summed E-state index contributed by atoms with van der Waals surface area (Å²) in [6.07, 6.45) is 0.283. The number of rotatable bonds is 0. The number of hydrogen-bond donors (Lipinski definition) is 1. The van der Waals surface area contributed by atoms with Gasteiger partial charge in [0, 0.05) is 4.47 Å².